The van der Waals surface area contributed by atoms with Crippen LogP contribution in [-0.2, 0) is 10.2 Å². The highest BCUT2D eigenvalue weighted by atomic mass is 32.2. The second-order valence-electron chi connectivity index (χ2n) is 3.38. The Labute approximate surface area is 105 Å². The maximum absolute atomic E-state index is 11.8. The van der Waals surface area contributed by atoms with Gasteiger partial charge in [-0.3, -0.25) is 0 Å². The molecule has 7 nitrogen and oxygen atoms in total. The molecule has 0 fully saturated rings. The van der Waals surface area contributed by atoms with E-state index in [2.05, 4.69) is 20.2 Å². The Bertz CT molecular complexity index is 406. The predicted molar refractivity (Wildman–Crippen MR) is 68.2 cm³/mol. The van der Waals surface area contributed by atoms with Crippen molar-refractivity contribution in [2.45, 2.75) is 13.3 Å². The molecule has 0 saturated heterocycles. The van der Waals surface area contributed by atoms with Gasteiger partial charge in [0.25, 0.3) is 0 Å². The molecule has 2 N–H and O–H groups in total. The molecule has 0 amide bonds. The number of hydrogen-bond acceptors (Lipinski definition) is 6. The molecule has 0 radical (unpaired) electrons. The lowest BCUT2D eigenvalue weighted by molar-refractivity contribution is 0.459. The van der Waals surface area contributed by atoms with Crippen LogP contribution in [0.1, 0.15) is 13.3 Å². The number of rotatable bonds is 8. The van der Waals surface area contributed by atoms with Crippen LogP contribution >= 0.6 is 11.3 Å². The van der Waals surface area contributed by atoms with E-state index in [0.717, 1.165) is 30.8 Å². The number of nitrogens with zero attached hydrogens (tertiary/aromatic N) is 3. The molecule has 0 saturated carbocycles. The molecular formula is C8H17N5O2S2. The molecule has 9 heteroatoms. The van der Waals surface area contributed by atoms with E-state index in [-0.39, 0.29) is 5.13 Å². The highest BCUT2D eigenvalue weighted by Gasteiger charge is 2.18. The van der Waals surface area contributed by atoms with Gasteiger partial charge in [0, 0.05) is 13.6 Å². The third-order valence-electron chi connectivity index (χ3n) is 2.06. The molecular weight excluding hydrogens is 262 g/mol. The normalized spacial score (nSPS) is 11.9. The second-order valence-corrected chi connectivity index (χ2v) is 5.99. The Hall–Kier alpha value is -0.770. The molecule has 0 bridgehead atoms. The molecule has 0 atom stereocenters. The third kappa shape index (κ3) is 4.94. The fraction of sp³-hybridized carbons (Fsp3) is 0.750. The fourth-order valence-electron chi connectivity index (χ4n) is 1.13. The van der Waals surface area contributed by atoms with Gasteiger partial charge in [-0.15, -0.1) is 10.2 Å². The first-order chi connectivity index (χ1) is 8.06. The summed E-state index contributed by atoms with van der Waals surface area (Å²) in [5.74, 6) is 0. The van der Waals surface area contributed by atoms with Crippen molar-refractivity contribution in [1.82, 2.24) is 19.8 Å². The first kappa shape index (κ1) is 14.3. The average Bonchev–Trinajstić information content (AvgIpc) is 2.76. The summed E-state index contributed by atoms with van der Waals surface area (Å²) in [5, 5.41) is 10.6. The standard InChI is InChI=1S/C8H17N5O2S2/c1-3-9-5-4-6-13(2)17(14,15)12-8-11-10-7-16-8/h7,9H,3-6H2,1-2H3,(H,11,12). The maximum Gasteiger partial charge on any atom is 0.303 e. The molecule has 0 aliphatic carbocycles. The molecule has 1 rings (SSSR count). The summed E-state index contributed by atoms with van der Waals surface area (Å²) >= 11 is 1.15. The first-order valence-corrected chi connectivity index (χ1v) is 7.59. The molecule has 0 aromatic carbocycles. The first-order valence-electron chi connectivity index (χ1n) is 5.27. The van der Waals surface area contributed by atoms with Gasteiger partial charge in [0.05, 0.1) is 0 Å². The monoisotopic (exact) mass is 279 g/mol. The van der Waals surface area contributed by atoms with Crippen molar-refractivity contribution in [2.24, 2.45) is 0 Å². The minimum Gasteiger partial charge on any atom is -0.317 e. The number of anilines is 1. The minimum atomic E-state index is -3.51. The molecule has 0 spiro atoms. The lowest BCUT2D eigenvalue weighted by Gasteiger charge is -2.16. The van der Waals surface area contributed by atoms with Crippen LogP contribution < -0.4 is 10.0 Å². The minimum absolute atomic E-state index is 0.281. The maximum atomic E-state index is 11.8. The second kappa shape index (κ2) is 6.84. The summed E-state index contributed by atoms with van der Waals surface area (Å²) in [4.78, 5) is 0. The van der Waals surface area contributed by atoms with Gasteiger partial charge in [-0.1, -0.05) is 18.3 Å². The van der Waals surface area contributed by atoms with Crippen LogP contribution in [0.3, 0.4) is 0 Å². The topological polar surface area (TPSA) is 87.2 Å². The Balaban J connectivity index is 2.41. The quantitative estimate of drug-likeness (QED) is 0.660. The van der Waals surface area contributed by atoms with Gasteiger partial charge in [0.15, 0.2) is 0 Å². The SMILES string of the molecule is CCNCCCN(C)S(=O)(=O)Nc1nncs1. The van der Waals surface area contributed by atoms with E-state index >= 15 is 0 Å². The highest BCUT2D eigenvalue weighted by Crippen LogP contribution is 2.11. The van der Waals surface area contributed by atoms with Gasteiger partial charge in [-0.2, -0.15) is 12.7 Å². The Morgan fingerprint density at radius 2 is 2.29 bits per heavy atom. The fourth-order valence-corrected chi connectivity index (χ4v) is 2.71. The number of nitrogens with one attached hydrogen (secondary N) is 2. The van der Waals surface area contributed by atoms with E-state index in [9.17, 15) is 8.42 Å². The zero-order valence-corrected chi connectivity index (χ0v) is 11.5. The molecule has 98 valence electrons. The molecule has 0 unspecified atom stereocenters. The summed E-state index contributed by atoms with van der Waals surface area (Å²) in [6.07, 6.45) is 0.765. The predicted octanol–water partition coefficient (Wildman–Crippen LogP) is 0.126. The summed E-state index contributed by atoms with van der Waals surface area (Å²) in [6.45, 7) is 4.16. The van der Waals surface area contributed by atoms with E-state index in [1.807, 2.05) is 6.92 Å². The highest BCUT2D eigenvalue weighted by molar-refractivity contribution is 7.90. The summed E-state index contributed by atoms with van der Waals surface area (Å²) < 4.78 is 27.2. The lowest BCUT2D eigenvalue weighted by atomic mass is 10.4. The average molecular weight is 279 g/mol. The van der Waals surface area contributed by atoms with Crippen LogP contribution in [0.2, 0.25) is 0 Å². The van der Waals surface area contributed by atoms with E-state index in [1.165, 1.54) is 16.9 Å². The van der Waals surface area contributed by atoms with Gasteiger partial charge in [-0.25, -0.2) is 4.72 Å². The molecule has 0 aliphatic heterocycles. The largest absolute Gasteiger partial charge is 0.317 e. The molecule has 17 heavy (non-hydrogen) atoms. The summed E-state index contributed by atoms with van der Waals surface area (Å²) in [7, 11) is -1.97. The third-order valence-corrected chi connectivity index (χ3v) is 4.25. The summed E-state index contributed by atoms with van der Waals surface area (Å²) in [5.41, 5.74) is 1.48. The van der Waals surface area contributed by atoms with Crippen molar-refractivity contribution in [3.05, 3.63) is 5.51 Å². The van der Waals surface area contributed by atoms with Gasteiger partial charge in [0.2, 0.25) is 5.13 Å². The molecule has 0 aliphatic rings. The van der Waals surface area contributed by atoms with Gasteiger partial charge < -0.3 is 5.32 Å². The Morgan fingerprint density at radius 1 is 1.53 bits per heavy atom. The van der Waals surface area contributed by atoms with Gasteiger partial charge in [-0.05, 0) is 19.5 Å². The van der Waals surface area contributed by atoms with Gasteiger partial charge >= 0.3 is 10.2 Å². The van der Waals surface area contributed by atoms with Gasteiger partial charge in [0.1, 0.15) is 5.51 Å². The summed E-state index contributed by atoms with van der Waals surface area (Å²) in [6, 6.07) is 0. The zero-order chi connectivity index (χ0) is 12.7. The van der Waals surface area contributed by atoms with Crippen LogP contribution in [0.15, 0.2) is 5.51 Å². The van der Waals surface area contributed by atoms with Crippen molar-refractivity contribution < 1.29 is 8.42 Å². The molecule has 1 aromatic heterocycles. The smallest absolute Gasteiger partial charge is 0.303 e. The number of hydrogen-bond donors (Lipinski definition) is 2. The number of aromatic nitrogens is 2. The zero-order valence-electron chi connectivity index (χ0n) is 9.88. The van der Waals surface area contributed by atoms with Crippen molar-refractivity contribution in [3.63, 3.8) is 0 Å². The molecule has 1 aromatic rings. The van der Waals surface area contributed by atoms with Crippen molar-refractivity contribution in [2.75, 3.05) is 31.4 Å². The van der Waals surface area contributed by atoms with Crippen LogP contribution in [0, 0.1) is 0 Å². The lowest BCUT2D eigenvalue weighted by Crippen LogP contribution is -2.34. The van der Waals surface area contributed by atoms with E-state index in [1.54, 1.807) is 0 Å². The molecule has 1 heterocycles. The van der Waals surface area contributed by atoms with Crippen LogP contribution in [0.25, 0.3) is 0 Å². The van der Waals surface area contributed by atoms with Crippen LogP contribution in [-0.4, -0.2) is 49.6 Å². The van der Waals surface area contributed by atoms with Crippen molar-refractivity contribution in [3.8, 4) is 0 Å². The van der Waals surface area contributed by atoms with E-state index in [4.69, 9.17) is 0 Å². The van der Waals surface area contributed by atoms with E-state index < -0.39 is 10.2 Å². The Morgan fingerprint density at radius 3 is 2.88 bits per heavy atom. The van der Waals surface area contributed by atoms with Crippen LogP contribution in [0.5, 0.6) is 0 Å². The van der Waals surface area contributed by atoms with E-state index in [0.29, 0.717) is 6.54 Å². The van der Waals surface area contributed by atoms with Crippen molar-refractivity contribution in [1.29, 1.82) is 0 Å². The Kier molecular flexibility index (Phi) is 5.75. The van der Waals surface area contributed by atoms with Crippen LogP contribution in [0.4, 0.5) is 5.13 Å². The van der Waals surface area contributed by atoms with Crippen molar-refractivity contribution >= 4 is 26.7 Å².